The van der Waals surface area contributed by atoms with Crippen molar-refractivity contribution >= 4 is 5.91 Å². The molecule has 1 N–H and O–H groups in total. The molecule has 1 amide bonds. The summed E-state index contributed by atoms with van der Waals surface area (Å²) in [4.78, 5) is 16.0. The van der Waals surface area contributed by atoms with Crippen LogP contribution in [0, 0.1) is 0 Å². The molecule has 4 nitrogen and oxygen atoms in total. The number of nitrogens with one attached hydrogen (secondary N) is 1. The Hall–Kier alpha value is -0.610. The van der Waals surface area contributed by atoms with Crippen LogP contribution in [0.3, 0.4) is 0 Å². The van der Waals surface area contributed by atoms with Crippen LogP contribution in [0.5, 0.6) is 0 Å². The van der Waals surface area contributed by atoms with Gasteiger partial charge in [-0.15, -0.1) is 0 Å². The van der Waals surface area contributed by atoms with Gasteiger partial charge in [0.05, 0.1) is 6.54 Å². The van der Waals surface area contributed by atoms with E-state index in [0.29, 0.717) is 12.6 Å². The Morgan fingerprint density at radius 2 is 2.31 bits per heavy atom. The van der Waals surface area contributed by atoms with E-state index in [1.165, 1.54) is 19.4 Å². The molecule has 1 atom stereocenters. The van der Waals surface area contributed by atoms with Crippen molar-refractivity contribution in [3.05, 3.63) is 0 Å². The monoisotopic (exact) mass is 227 g/mol. The fourth-order valence-corrected chi connectivity index (χ4v) is 2.13. The van der Waals surface area contributed by atoms with E-state index in [1.54, 1.807) is 0 Å². The third-order valence-corrected chi connectivity index (χ3v) is 3.28. The summed E-state index contributed by atoms with van der Waals surface area (Å²) in [6, 6.07) is 0.556. The number of likely N-dealkylation sites (tertiary alicyclic amines) is 1. The van der Waals surface area contributed by atoms with Crippen LogP contribution in [0.4, 0.5) is 0 Å². The van der Waals surface area contributed by atoms with Crippen molar-refractivity contribution in [3.63, 3.8) is 0 Å². The molecule has 0 aromatic carbocycles. The van der Waals surface area contributed by atoms with Crippen molar-refractivity contribution in [1.82, 2.24) is 15.1 Å². The van der Waals surface area contributed by atoms with Crippen LogP contribution in [0.1, 0.15) is 26.2 Å². The van der Waals surface area contributed by atoms with Gasteiger partial charge in [-0.1, -0.05) is 6.92 Å². The summed E-state index contributed by atoms with van der Waals surface area (Å²) in [6.07, 6.45) is 3.55. The zero-order valence-corrected chi connectivity index (χ0v) is 10.8. The second-order valence-corrected chi connectivity index (χ2v) is 4.73. The van der Waals surface area contributed by atoms with Gasteiger partial charge in [0.25, 0.3) is 0 Å². The molecular weight excluding hydrogens is 202 g/mol. The first-order chi connectivity index (χ1) is 7.65. The fraction of sp³-hybridized carbons (Fsp3) is 0.917. The molecule has 1 saturated heterocycles. The minimum atomic E-state index is 0.203. The van der Waals surface area contributed by atoms with Crippen LogP contribution in [0.15, 0.2) is 0 Å². The topological polar surface area (TPSA) is 35.6 Å². The van der Waals surface area contributed by atoms with Crippen molar-refractivity contribution < 1.29 is 4.79 Å². The molecule has 1 aliphatic rings. The van der Waals surface area contributed by atoms with E-state index >= 15 is 0 Å². The minimum Gasteiger partial charge on any atom is -0.343 e. The smallest absolute Gasteiger partial charge is 0.236 e. The number of carbonyl (C=O) groups is 1. The maximum Gasteiger partial charge on any atom is 0.236 e. The molecule has 16 heavy (non-hydrogen) atoms. The highest BCUT2D eigenvalue weighted by molar-refractivity contribution is 5.77. The van der Waals surface area contributed by atoms with Gasteiger partial charge in [0.2, 0.25) is 5.91 Å². The van der Waals surface area contributed by atoms with Gasteiger partial charge in [-0.05, 0) is 39.4 Å². The van der Waals surface area contributed by atoms with E-state index in [4.69, 9.17) is 0 Å². The van der Waals surface area contributed by atoms with Gasteiger partial charge in [0, 0.05) is 19.6 Å². The molecule has 0 aromatic rings. The number of rotatable bonds is 6. The summed E-state index contributed by atoms with van der Waals surface area (Å²) in [5.74, 6) is 0.203. The van der Waals surface area contributed by atoms with Gasteiger partial charge in [0.1, 0.15) is 0 Å². The molecule has 0 saturated carbocycles. The van der Waals surface area contributed by atoms with Gasteiger partial charge in [0.15, 0.2) is 0 Å². The first-order valence-electron chi connectivity index (χ1n) is 6.30. The highest BCUT2D eigenvalue weighted by atomic mass is 16.2. The molecule has 0 aliphatic carbocycles. The molecule has 94 valence electrons. The van der Waals surface area contributed by atoms with Gasteiger partial charge >= 0.3 is 0 Å². The van der Waals surface area contributed by atoms with Crippen LogP contribution in [0.25, 0.3) is 0 Å². The highest BCUT2D eigenvalue weighted by Gasteiger charge is 2.23. The Bertz CT molecular complexity index is 220. The van der Waals surface area contributed by atoms with Gasteiger partial charge in [-0.3, -0.25) is 4.79 Å². The Morgan fingerprint density at radius 3 is 2.88 bits per heavy atom. The summed E-state index contributed by atoms with van der Waals surface area (Å²) in [7, 11) is 4.05. The lowest BCUT2D eigenvalue weighted by Gasteiger charge is -2.26. The zero-order valence-electron chi connectivity index (χ0n) is 10.8. The average Bonchev–Trinajstić information content (AvgIpc) is 2.64. The molecular formula is C12H25N3O. The number of nitrogens with zero attached hydrogens (tertiary/aromatic N) is 2. The van der Waals surface area contributed by atoms with Crippen LogP contribution in [0.2, 0.25) is 0 Å². The van der Waals surface area contributed by atoms with Crippen LogP contribution >= 0.6 is 0 Å². The average molecular weight is 227 g/mol. The molecule has 1 rings (SSSR count). The molecule has 1 heterocycles. The largest absolute Gasteiger partial charge is 0.343 e. The molecule has 1 unspecified atom stereocenters. The van der Waals surface area contributed by atoms with E-state index in [9.17, 15) is 4.79 Å². The minimum absolute atomic E-state index is 0.203. The van der Waals surface area contributed by atoms with Crippen molar-refractivity contribution in [2.45, 2.75) is 32.2 Å². The lowest BCUT2D eigenvalue weighted by molar-refractivity contribution is -0.129. The third-order valence-electron chi connectivity index (χ3n) is 3.28. The third kappa shape index (κ3) is 4.10. The summed E-state index contributed by atoms with van der Waals surface area (Å²) in [5.41, 5.74) is 0. The van der Waals surface area contributed by atoms with Gasteiger partial charge < -0.3 is 15.1 Å². The molecule has 0 radical (unpaired) electrons. The fourth-order valence-electron chi connectivity index (χ4n) is 2.13. The molecule has 0 bridgehead atoms. The maximum absolute atomic E-state index is 11.8. The van der Waals surface area contributed by atoms with E-state index in [0.717, 1.165) is 19.5 Å². The van der Waals surface area contributed by atoms with Gasteiger partial charge in [-0.2, -0.15) is 0 Å². The molecule has 4 heteroatoms. The van der Waals surface area contributed by atoms with E-state index in [1.807, 2.05) is 11.9 Å². The predicted octanol–water partition coefficient (Wildman–Crippen LogP) is 0.539. The Balaban J connectivity index is 2.22. The SMILES string of the molecule is CCCNCC(=O)N(C)CC1CCCN1C. The molecule has 1 fully saturated rings. The molecule has 0 aromatic heterocycles. The normalized spacial score (nSPS) is 21.3. The van der Waals surface area contributed by atoms with Crippen LogP contribution in [-0.4, -0.2) is 62.0 Å². The number of carbonyl (C=O) groups excluding carboxylic acids is 1. The first-order valence-corrected chi connectivity index (χ1v) is 6.30. The summed E-state index contributed by atoms with van der Waals surface area (Å²) in [6.45, 7) is 5.53. The number of likely N-dealkylation sites (N-methyl/N-ethyl adjacent to an activating group) is 2. The van der Waals surface area contributed by atoms with Crippen LogP contribution < -0.4 is 5.32 Å². The maximum atomic E-state index is 11.8. The number of hydrogen-bond donors (Lipinski definition) is 1. The second-order valence-electron chi connectivity index (χ2n) is 4.73. The van der Waals surface area contributed by atoms with Gasteiger partial charge in [-0.25, -0.2) is 0 Å². The number of hydrogen-bond acceptors (Lipinski definition) is 3. The Labute approximate surface area is 99.0 Å². The Kier molecular flexibility index (Phi) is 5.77. The van der Waals surface area contributed by atoms with E-state index in [2.05, 4.69) is 24.2 Å². The summed E-state index contributed by atoms with van der Waals surface area (Å²) in [5, 5.41) is 3.15. The zero-order chi connectivity index (χ0) is 12.0. The standard InChI is InChI=1S/C12H25N3O/c1-4-7-13-9-12(16)15(3)10-11-6-5-8-14(11)2/h11,13H,4-10H2,1-3H3. The second kappa shape index (κ2) is 6.86. The lowest BCUT2D eigenvalue weighted by Crippen LogP contribution is -2.42. The van der Waals surface area contributed by atoms with Crippen LogP contribution in [-0.2, 0) is 4.79 Å². The highest BCUT2D eigenvalue weighted by Crippen LogP contribution is 2.15. The summed E-state index contributed by atoms with van der Waals surface area (Å²) >= 11 is 0. The Morgan fingerprint density at radius 1 is 1.56 bits per heavy atom. The first kappa shape index (κ1) is 13.5. The molecule has 0 spiro atoms. The number of amides is 1. The van der Waals surface area contributed by atoms with Crippen molar-refractivity contribution in [3.8, 4) is 0 Å². The summed E-state index contributed by atoms with van der Waals surface area (Å²) < 4.78 is 0. The van der Waals surface area contributed by atoms with Crippen molar-refractivity contribution in [2.75, 3.05) is 40.3 Å². The molecule has 1 aliphatic heterocycles. The van der Waals surface area contributed by atoms with E-state index < -0.39 is 0 Å². The van der Waals surface area contributed by atoms with E-state index in [-0.39, 0.29) is 5.91 Å². The quantitative estimate of drug-likeness (QED) is 0.673. The van der Waals surface area contributed by atoms with Crippen molar-refractivity contribution in [2.24, 2.45) is 0 Å². The van der Waals surface area contributed by atoms with Crippen molar-refractivity contribution in [1.29, 1.82) is 0 Å². The lowest BCUT2D eigenvalue weighted by atomic mass is 10.2. The predicted molar refractivity (Wildman–Crippen MR) is 66.4 cm³/mol.